The van der Waals surface area contributed by atoms with Crippen LogP contribution >= 0.6 is 0 Å². The SMILES string of the molecule is N#CC(=Cc1ccc(C=Cc2ccc(-c3nc4ccccc4o3)cc2)cc1)S(=O)(=O)c1ccccc1. The van der Waals surface area contributed by atoms with E-state index in [9.17, 15) is 13.7 Å². The summed E-state index contributed by atoms with van der Waals surface area (Å²) in [5.41, 5.74) is 5.08. The molecule has 36 heavy (non-hydrogen) atoms. The molecular weight excluding hydrogens is 468 g/mol. The van der Waals surface area contributed by atoms with Gasteiger partial charge in [0.15, 0.2) is 5.58 Å². The lowest BCUT2D eigenvalue weighted by Gasteiger charge is -2.03. The van der Waals surface area contributed by atoms with Gasteiger partial charge in [-0.3, -0.25) is 0 Å². The van der Waals surface area contributed by atoms with E-state index in [2.05, 4.69) is 4.98 Å². The summed E-state index contributed by atoms with van der Waals surface area (Å²) < 4.78 is 31.3. The van der Waals surface area contributed by atoms with Gasteiger partial charge in [-0.05, 0) is 59.2 Å². The molecule has 0 atom stereocenters. The second-order valence-corrected chi connectivity index (χ2v) is 9.96. The Balaban J connectivity index is 1.30. The first-order chi connectivity index (χ1) is 17.5. The molecule has 174 valence electrons. The fourth-order valence-electron chi connectivity index (χ4n) is 3.68. The average Bonchev–Trinajstić information content (AvgIpc) is 3.36. The van der Waals surface area contributed by atoms with Crippen LogP contribution in [0.4, 0.5) is 0 Å². The molecule has 0 saturated heterocycles. The number of nitrogens with zero attached hydrogens (tertiary/aromatic N) is 2. The first-order valence-electron chi connectivity index (χ1n) is 11.2. The summed E-state index contributed by atoms with van der Waals surface area (Å²) in [5, 5.41) is 9.46. The van der Waals surface area contributed by atoms with Crippen molar-refractivity contribution in [3.8, 4) is 17.5 Å². The molecule has 1 aromatic heterocycles. The minimum atomic E-state index is -3.86. The summed E-state index contributed by atoms with van der Waals surface area (Å²) in [6, 6.07) is 32.7. The maximum absolute atomic E-state index is 12.7. The smallest absolute Gasteiger partial charge is 0.227 e. The number of allylic oxidation sites excluding steroid dienone is 1. The molecule has 0 aliphatic rings. The highest BCUT2D eigenvalue weighted by Gasteiger charge is 2.20. The number of sulfone groups is 1. The standard InChI is InChI=1S/C30H20N2O3S/c31-21-27(36(33,34)26-6-2-1-3-7-26)20-24-14-12-22(13-15-24)10-11-23-16-18-25(19-17-23)30-32-28-8-4-5-9-29(28)35-30/h1-20H. The van der Waals surface area contributed by atoms with Crippen molar-refractivity contribution in [3.05, 3.63) is 125 Å². The summed E-state index contributed by atoms with van der Waals surface area (Å²) in [5.74, 6) is 0.585. The van der Waals surface area contributed by atoms with Gasteiger partial charge in [-0.1, -0.05) is 78.9 Å². The van der Waals surface area contributed by atoms with E-state index in [-0.39, 0.29) is 9.80 Å². The summed E-state index contributed by atoms with van der Waals surface area (Å²) >= 11 is 0. The van der Waals surface area contributed by atoms with Crippen LogP contribution in [-0.4, -0.2) is 13.4 Å². The van der Waals surface area contributed by atoms with Gasteiger partial charge in [-0.15, -0.1) is 0 Å². The summed E-state index contributed by atoms with van der Waals surface area (Å²) in [7, 11) is -3.86. The molecule has 0 saturated carbocycles. The van der Waals surface area contributed by atoms with E-state index in [1.165, 1.54) is 18.2 Å². The van der Waals surface area contributed by atoms with Crippen LogP contribution in [0.25, 0.3) is 40.8 Å². The van der Waals surface area contributed by atoms with Crippen molar-refractivity contribution in [1.29, 1.82) is 5.26 Å². The molecule has 0 bridgehead atoms. The van der Waals surface area contributed by atoms with Gasteiger partial charge in [-0.2, -0.15) is 5.26 Å². The fraction of sp³-hybridized carbons (Fsp3) is 0. The highest BCUT2D eigenvalue weighted by Crippen LogP contribution is 2.25. The van der Waals surface area contributed by atoms with Crippen molar-refractivity contribution in [2.24, 2.45) is 0 Å². The van der Waals surface area contributed by atoms with E-state index < -0.39 is 9.84 Å². The zero-order valence-corrected chi connectivity index (χ0v) is 19.9. The molecule has 0 aliphatic carbocycles. The van der Waals surface area contributed by atoms with Gasteiger partial charge in [0, 0.05) is 5.56 Å². The van der Waals surface area contributed by atoms with Crippen LogP contribution in [0.15, 0.2) is 117 Å². The number of benzene rings is 4. The van der Waals surface area contributed by atoms with Crippen molar-refractivity contribution >= 4 is 39.2 Å². The predicted octanol–water partition coefficient (Wildman–Crippen LogP) is 7.00. The Kier molecular flexibility index (Phi) is 6.31. The van der Waals surface area contributed by atoms with Gasteiger partial charge in [-0.25, -0.2) is 13.4 Å². The monoisotopic (exact) mass is 488 g/mol. The number of fused-ring (bicyclic) bond motifs is 1. The molecule has 0 aliphatic heterocycles. The number of hydrogen-bond acceptors (Lipinski definition) is 5. The lowest BCUT2D eigenvalue weighted by Crippen LogP contribution is -2.03. The van der Waals surface area contributed by atoms with Gasteiger partial charge >= 0.3 is 0 Å². The Morgan fingerprint density at radius 3 is 1.97 bits per heavy atom. The van der Waals surface area contributed by atoms with E-state index in [0.29, 0.717) is 11.5 Å². The Labute approximate surface area is 209 Å². The van der Waals surface area contributed by atoms with Gasteiger partial charge < -0.3 is 4.42 Å². The van der Waals surface area contributed by atoms with Gasteiger partial charge in [0.2, 0.25) is 15.7 Å². The van der Waals surface area contributed by atoms with Crippen LogP contribution in [0.1, 0.15) is 16.7 Å². The molecule has 5 nitrogen and oxygen atoms in total. The molecule has 0 spiro atoms. The number of para-hydroxylation sites is 2. The Morgan fingerprint density at radius 2 is 1.33 bits per heavy atom. The normalized spacial score (nSPS) is 12.1. The molecule has 0 amide bonds. The lowest BCUT2D eigenvalue weighted by atomic mass is 10.1. The summed E-state index contributed by atoms with van der Waals surface area (Å²) in [6.45, 7) is 0. The van der Waals surface area contributed by atoms with Crippen molar-refractivity contribution in [3.63, 3.8) is 0 Å². The molecule has 0 radical (unpaired) electrons. The Morgan fingerprint density at radius 1 is 0.750 bits per heavy atom. The van der Waals surface area contributed by atoms with Crippen LogP contribution in [0.5, 0.6) is 0 Å². The maximum atomic E-state index is 12.7. The second-order valence-electron chi connectivity index (χ2n) is 8.05. The van der Waals surface area contributed by atoms with Crippen molar-refractivity contribution < 1.29 is 12.8 Å². The zero-order chi connectivity index (χ0) is 25.0. The third kappa shape index (κ3) is 4.88. The van der Waals surface area contributed by atoms with Gasteiger partial charge in [0.05, 0.1) is 4.90 Å². The van der Waals surface area contributed by atoms with E-state index in [4.69, 9.17) is 4.42 Å². The molecule has 0 fully saturated rings. The van der Waals surface area contributed by atoms with Crippen LogP contribution in [-0.2, 0) is 9.84 Å². The third-order valence-electron chi connectivity index (χ3n) is 5.61. The largest absolute Gasteiger partial charge is 0.436 e. The van der Waals surface area contributed by atoms with Crippen molar-refractivity contribution in [2.75, 3.05) is 0 Å². The highest BCUT2D eigenvalue weighted by molar-refractivity contribution is 7.95. The minimum Gasteiger partial charge on any atom is -0.436 e. The van der Waals surface area contributed by atoms with Crippen LogP contribution < -0.4 is 0 Å². The van der Waals surface area contributed by atoms with Gasteiger partial charge in [0.1, 0.15) is 16.5 Å². The summed E-state index contributed by atoms with van der Waals surface area (Å²) in [6.07, 6.45) is 5.34. The Hall–Kier alpha value is -4.73. The highest BCUT2D eigenvalue weighted by atomic mass is 32.2. The lowest BCUT2D eigenvalue weighted by molar-refractivity contribution is 0.603. The van der Waals surface area contributed by atoms with Crippen molar-refractivity contribution in [1.82, 2.24) is 4.98 Å². The molecule has 0 unspecified atom stereocenters. The quantitative estimate of drug-likeness (QED) is 0.190. The van der Waals surface area contributed by atoms with Gasteiger partial charge in [0.25, 0.3) is 0 Å². The first kappa shape index (κ1) is 23.0. The molecule has 6 heteroatoms. The molecule has 0 N–H and O–H groups in total. The second kappa shape index (κ2) is 9.87. The molecule has 5 rings (SSSR count). The first-order valence-corrected chi connectivity index (χ1v) is 12.7. The topological polar surface area (TPSA) is 84.0 Å². The number of rotatable bonds is 6. The van der Waals surface area contributed by atoms with E-state index in [1.54, 1.807) is 30.3 Å². The fourth-order valence-corrected chi connectivity index (χ4v) is 4.86. The number of aromatic nitrogens is 1. The zero-order valence-electron chi connectivity index (χ0n) is 19.1. The number of oxazole rings is 1. The van der Waals surface area contributed by atoms with Crippen molar-refractivity contribution in [2.45, 2.75) is 4.90 Å². The van der Waals surface area contributed by atoms with E-state index in [1.807, 2.05) is 78.9 Å². The van der Waals surface area contributed by atoms with E-state index >= 15 is 0 Å². The third-order valence-corrected chi connectivity index (χ3v) is 7.29. The summed E-state index contributed by atoms with van der Waals surface area (Å²) in [4.78, 5) is 4.33. The average molecular weight is 489 g/mol. The maximum Gasteiger partial charge on any atom is 0.227 e. The number of nitriles is 1. The van der Waals surface area contributed by atoms with Crippen LogP contribution in [0.2, 0.25) is 0 Å². The van der Waals surface area contributed by atoms with Crippen LogP contribution in [0, 0.1) is 11.3 Å². The molecule has 1 heterocycles. The molecular formula is C30H20N2O3S. The molecule has 5 aromatic rings. The minimum absolute atomic E-state index is 0.0967. The van der Waals surface area contributed by atoms with E-state index in [0.717, 1.165) is 27.8 Å². The Bertz CT molecular complexity index is 1690. The van der Waals surface area contributed by atoms with Crippen LogP contribution in [0.3, 0.4) is 0 Å². The number of hydrogen-bond donors (Lipinski definition) is 0. The molecule has 4 aromatic carbocycles. The predicted molar refractivity (Wildman–Crippen MR) is 142 cm³/mol.